The highest BCUT2D eigenvalue weighted by molar-refractivity contribution is 5.70. The molecule has 0 radical (unpaired) electrons. The Bertz CT molecular complexity index is 511. The van der Waals surface area contributed by atoms with Gasteiger partial charge in [-0.1, -0.05) is 96.8 Å². The van der Waals surface area contributed by atoms with Gasteiger partial charge in [-0.2, -0.15) is 0 Å². The summed E-state index contributed by atoms with van der Waals surface area (Å²) < 4.78 is 0. The molecule has 1 amide bonds. The first kappa shape index (κ1) is 29.0. The molecule has 1 heterocycles. The molecule has 4 nitrogen and oxygen atoms in total. The maximum Gasteiger partial charge on any atom is 0.306 e. The van der Waals surface area contributed by atoms with E-state index in [4.69, 9.17) is 0 Å². The number of unbranched alkanes of at least 4 members (excludes halogenated alkanes) is 13. The van der Waals surface area contributed by atoms with E-state index < -0.39 is 5.97 Å². The average Bonchev–Trinajstić information content (AvgIpc) is 2.69. The minimum absolute atomic E-state index is 0.135. The monoisotopic (exact) mass is 451 g/mol. The Morgan fingerprint density at radius 2 is 1.19 bits per heavy atom. The van der Waals surface area contributed by atoms with Crippen LogP contribution in [0.4, 0.5) is 0 Å². The summed E-state index contributed by atoms with van der Waals surface area (Å²) in [5.74, 6) is -0.814. The van der Waals surface area contributed by atoms with Crippen molar-refractivity contribution in [1.29, 1.82) is 0 Å². The Morgan fingerprint density at radius 1 is 0.812 bits per heavy atom. The highest BCUT2D eigenvalue weighted by atomic mass is 16.4. The van der Waals surface area contributed by atoms with Crippen LogP contribution < -0.4 is 0 Å². The Labute approximate surface area is 198 Å². The zero-order chi connectivity index (χ0) is 24.0. The van der Waals surface area contributed by atoms with E-state index in [1.54, 1.807) is 0 Å². The highest BCUT2D eigenvalue weighted by Crippen LogP contribution is 2.44. The van der Waals surface area contributed by atoms with Crippen molar-refractivity contribution < 1.29 is 14.7 Å². The van der Waals surface area contributed by atoms with Gasteiger partial charge in [-0.05, 0) is 52.9 Å². The third-order valence-corrected chi connectivity index (χ3v) is 7.69. The number of likely N-dealkylation sites (tertiary alicyclic amines) is 1. The van der Waals surface area contributed by atoms with Gasteiger partial charge in [-0.25, -0.2) is 0 Å². The molecule has 0 spiro atoms. The summed E-state index contributed by atoms with van der Waals surface area (Å²) in [6.45, 7) is 10.6. The number of amides is 1. The molecule has 1 aliphatic heterocycles. The van der Waals surface area contributed by atoms with Gasteiger partial charge in [-0.15, -0.1) is 0 Å². The van der Waals surface area contributed by atoms with Crippen LogP contribution >= 0.6 is 0 Å². The fraction of sp³-hybridized carbons (Fsp3) is 0.929. The summed E-state index contributed by atoms with van der Waals surface area (Å²) in [5.41, 5.74) is -0.589. The second-order valence-electron chi connectivity index (χ2n) is 11.6. The lowest BCUT2D eigenvalue weighted by molar-refractivity contribution is -0.150. The molecule has 1 N–H and O–H groups in total. The molecule has 0 aromatic rings. The van der Waals surface area contributed by atoms with E-state index in [1.165, 1.54) is 77.0 Å². The molecule has 1 unspecified atom stereocenters. The van der Waals surface area contributed by atoms with Gasteiger partial charge in [-0.3, -0.25) is 9.59 Å². The fourth-order valence-electron chi connectivity index (χ4n) is 6.06. The van der Waals surface area contributed by atoms with Gasteiger partial charge >= 0.3 is 5.97 Å². The van der Waals surface area contributed by atoms with Gasteiger partial charge in [0.25, 0.3) is 0 Å². The number of carbonyl (C=O) groups is 2. The first-order valence-electron chi connectivity index (χ1n) is 13.6. The number of piperidine rings is 1. The maximum absolute atomic E-state index is 12.1. The Hall–Kier alpha value is -1.06. The van der Waals surface area contributed by atoms with Crippen LogP contribution in [0, 0.1) is 11.8 Å². The van der Waals surface area contributed by atoms with Crippen molar-refractivity contribution in [3.05, 3.63) is 0 Å². The molecule has 4 heteroatoms. The summed E-state index contributed by atoms with van der Waals surface area (Å²) >= 11 is 0. The van der Waals surface area contributed by atoms with Gasteiger partial charge in [0.05, 0.1) is 5.92 Å². The van der Waals surface area contributed by atoms with Crippen molar-refractivity contribution in [2.45, 2.75) is 155 Å². The van der Waals surface area contributed by atoms with E-state index in [2.05, 4.69) is 34.6 Å². The molecule has 1 atom stereocenters. The van der Waals surface area contributed by atoms with Crippen LogP contribution in [-0.2, 0) is 9.59 Å². The topological polar surface area (TPSA) is 57.6 Å². The molecule has 1 aliphatic rings. The van der Waals surface area contributed by atoms with Gasteiger partial charge < -0.3 is 10.0 Å². The van der Waals surface area contributed by atoms with Crippen LogP contribution in [0.3, 0.4) is 0 Å². The van der Waals surface area contributed by atoms with Crippen LogP contribution in [0.25, 0.3) is 0 Å². The molecule has 0 saturated carbocycles. The van der Waals surface area contributed by atoms with E-state index in [0.29, 0.717) is 0 Å². The van der Waals surface area contributed by atoms with Crippen LogP contribution in [0.5, 0.6) is 0 Å². The van der Waals surface area contributed by atoms with Crippen molar-refractivity contribution in [1.82, 2.24) is 4.90 Å². The number of hydrogen-bond donors (Lipinski definition) is 1. The summed E-state index contributed by atoms with van der Waals surface area (Å²) in [7, 11) is 0. The summed E-state index contributed by atoms with van der Waals surface area (Å²) in [4.78, 5) is 25.6. The molecule has 1 saturated heterocycles. The molecule has 0 aromatic carbocycles. The van der Waals surface area contributed by atoms with Gasteiger partial charge in [0.15, 0.2) is 0 Å². The normalized spacial score (nSPS) is 19.1. The number of rotatable bonds is 18. The van der Waals surface area contributed by atoms with E-state index in [1.807, 2.05) is 4.90 Å². The Morgan fingerprint density at radius 3 is 1.53 bits per heavy atom. The SMILES string of the molecule is CCCCCCCCCCCCCCCCC(C(=O)O)C1CC(C)(C)N(C=O)C(C)(C)C1. The van der Waals surface area contributed by atoms with Gasteiger partial charge in [0.2, 0.25) is 6.41 Å². The quantitative estimate of drug-likeness (QED) is 0.170. The molecular weight excluding hydrogens is 398 g/mol. The average molecular weight is 452 g/mol. The van der Waals surface area contributed by atoms with Crippen molar-refractivity contribution in [2.24, 2.45) is 11.8 Å². The molecule has 0 bridgehead atoms. The molecule has 0 aromatic heterocycles. The number of hydrogen-bond acceptors (Lipinski definition) is 2. The standard InChI is InChI=1S/C28H53NO3/c1-6-7-8-9-10-11-12-13-14-15-16-17-18-19-20-25(26(31)32)24-21-27(2,3)29(23-30)28(4,5)22-24/h23-25H,6-22H2,1-5H3,(H,31,32). The second kappa shape index (κ2) is 15.0. The molecule has 188 valence electrons. The smallest absolute Gasteiger partial charge is 0.306 e. The summed E-state index contributed by atoms with van der Waals surface area (Å²) in [5, 5.41) is 9.91. The maximum atomic E-state index is 12.1. The number of carboxylic acids is 1. The largest absolute Gasteiger partial charge is 0.481 e. The van der Waals surface area contributed by atoms with Crippen LogP contribution in [0.2, 0.25) is 0 Å². The third kappa shape index (κ3) is 10.3. The lowest BCUT2D eigenvalue weighted by atomic mass is 9.68. The highest BCUT2D eigenvalue weighted by Gasteiger charge is 2.47. The molecule has 32 heavy (non-hydrogen) atoms. The number of nitrogens with zero attached hydrogens (tertiary/aromatic N) is 1. The minimum Gasteiger partial charge on any atom is -0.481 e. The van der Waals surface area contributed by atoms with E-state index in [9.17, 15) is 14.7 Å². The Kier molecular flexibility index (Phi) is 13.5. The second-order valence-corrected chi connectivity index (χ2v) is 11.6. The minimum atomic E-state index is -0.657. The van der Waals surface area contributed by atoms with Gasteiger partial charge in [0, 0.05) is 11.1 Å². The first-order valence-corrected chi connectivity index (χ1v) is 13.6. The number of carbonyl (C=O) groups excluding carboxylic acids is 1. The van der Waals surface area contributed by atoms with Crippen molar-refractivity contribution in [3.63, 3.8) is 0 Å². The number of aliphatic carboxylic acids is 1. The predicted octanol–water partition coefficient (Wildman–Crippen LogP) is 7.98. The zero-order valence-electron chi connectivity index (χ0n) is 22.0. The lowest BCUT2D eigenvalue weighted by Crippen LogP contribution is -2.61. The Balaban J connectivity index is 2.21. The molecular formula is C28H53NO3. The van der Waals surface area contributed by atoms with Crippen molar-refractivity contribution in [3.8, 4) is 0 Å². The lowest BCUT2D eigenvalue weighted by Gasteiger charge is -2.54. The molecule has 0 aliphatic carbocycles. The summed E-state index contributed by atoms with van der Waals surface area (Å²) in [6.07, 6.45) is 21.7. The van der Waals surface area contributed by atoms with Crippen molar-refractivity contribution in [2.75, 3.05) is 0 Å². The molecule has 1 rings (SSSR count). The van der Waals surface area contributed by atoms with Crippen LogP contribution in [0.15, 0.2) is 0 Å². The number of carboxylic acid groups (broad SMARTS) is 1. The fourth-order valence-corrected chi connectivity index (χ4v) is 6.06. The third-order valence-electron chi connectivity index (χ3n) is 7.69. The zero-order valence-corrected chi connectivity index (χ0v) is 22.0. The predicted molar refractivity (Wildman–Crippen MR) is 135 cm³/mol. The van der Waals surface area contributed by atoms with Crippen molar-refractivity contribution >= 4 is 12.4 Å². The van der Waals surface area contributed by atoms with Gasteiger partial charge in [0.1, 0.15) is 0 Å². The van der Waals surface area contributed by atoms with E-state index >= 15 is 0 Å². The first-order chi connectivity index (χ1) is 15.2. The molecule has 1 fully saturated rings. The van der Waals surface area contributed by atoms with E-state index in [0.717, 1.165) is 38.5 Å². The van der Waals surface area contributed by atoms with Crippen LogP contribution in [0.1, 0.15) is 144 Å². The van der Waals surface area contributed by atoms with E-state index in [-0.39, 0.29) is 22.9 Å². The van der Waals surface area contributed by atoms with Crippen LogP contribution in [-0.4, -0.2) is 33.5 Å². The summed E-state index contributed by atoms with van der Waals surface area (Å²) in [6, 6.07) is 0.